The zero-order chi connectivity index (χ0) is 14.6. The second-order valence-corrected chi connectivity index (χ2v) is 7.30. The molecule has 0 radical (unpaired) electrons. The van der Waals surface area contributed by atoms with E-state index in [4.69, 9.17) is 0 Å². The maximum atomic E-state index is 4.24. The minimum Gasteiger partial charge on any atom is -0.179 e. The van der Waals surface area contributed by atoms with E-state index in [9.17, 15) is 0 Å². The standard InChI is InChI=1S/C18H30S2/c1-16-12-17(2)14-18(13-16)15-20-11-9-7-5-3-4-6-8-10-19/h12-14,19H,3-11,15H2,1-2H3. The number of rotatable bonds is 11. The molecular weight excluding hydrogens is 280 g/mol. The third-order valence-corrected chi connectivity index (χ3v) is 4.93. The molecule has 1 aromatic rings. The summed E-state index contributed by atoms with van der Waals surface area (Å²) in [6.07, 6.45) is 9.66. The Balaban J connectivity index is 1.97. The molecule has 0 aliphatic rings. The first-order valence-electron chi connectivity index (χ1n) is 7.98. The molecule has 114 valence electrons. The van der Waals surface area contributed by atoms with E-state index in [2.05, 4.69) is 56.4 Å². The van der Waals surface area contributed by atoms with Gasteiger partial charge in [-0.1, -0.05) is 61.4 Å². The molecule has 0 atom stereocenters. The molecule has 0 fully saturated rings. The third kappa shape index (κ3) is 8.97. The summed E-state index contributed by atoms with van der Waals surface area (Å²) in [6.45, 7) is 4.38. The van der Waals surface area contributed by atoms with Crippen molar-refractivity contribution >= 4 is 24.4 Å². The van der Waals surface area contributed by atoms with Crippen LogP contribution in [0.2, 0.25) is 0 Å². The normalized spacial score (nSPS) is 10.9. The average Bonchev–Trinajstić information content (AvgIpc) is 2.40. The molecule has 20 heavy (non-hydrogen) atoms. The predicted molar refractivity (Wildman–Crippen MR) is 98.3 cm³/mol. The first-order chi connectivity index (χ1) is 9.72. The van der Waals surface area contributed by atoms with Gasteiger partial charge in [0.15, 0.2) is 0 Å². The number of benzene rings is 1. The highest BCUT2D eigenvalue weighted by Crippen LogP contribution is 2.17. The van der Waals surface area contributed by atoms with E-state index in [0.29, 0.717) is 0 Å². The van der Waals surface area contributed by atoms with Gasteiger partial charge in [-0.25, -0.2) is 0 Å². The van der Waals surface area contributed by atoms with Crippen molar-refractivity contribution in [3.8, 4) is 0 Å². The molecule has 1 rings (SSSR count). The van der Waals surface area contributed by atoms with Gasteiger partial charge in [-0.05, 0) is 43.8 Å². The van der Waals surface area contributed by atoms with E-state index in [0.717, 1.165) is 5.75 Å². The van der Waals surface area contributed by atoms with Crippen molar-refractivity contribution in [2.24, 2.45) is 0 Å². The largest absolute Gasteiger partial charge is 0.179 e. The van der Waals surface area contributed by atoms with Gasteiger partial charge in [-0.3, -0.25) is 0 Å². The number of hydrogen-bond donors (Lipinski definition) is 1. The van der Waals surface area contributed by atoms with E-state index in [1.54, 1.807) is 0 Å². The fraction of sp³-hybridized carbons (Fsp3) is 0.667. The first-order valence-corrected chi connectivity index (χ1v) is 9.77. The van der Waals surface area contributed by atoms with Crippen LogP contribution in [0.3, 0.4) is 0 Å². The Bertz CT molecular complexity index is 340. The lowest BCUT2D eigenvalue weighted by Gasteiger charge is -2.05. The Morgan fingerprint density at radius 1 is 0.800 bits per heavy atom. The molecule has 0 bridgehead atoms. The Kier molecular flexibility index (Phi) is 10.4. The van der Waals surface area contributed by atoms with Crippen LogP contribution in [0.1, 0.15) is 61.6 Å². The molecule has 0 saturated heterocycles. The Morgan fingerprint density at radius 3 is 1.95 bits per heavy atom. The van der Waals surface area contributed by atoms with Crippen molar-refractivity contribution in [3.63, 3.8) is 0 Å². The van der Waals surface area contributed by atoms with Crippen LogP contribution in [-0.2, 0) is 5.75 Å². The summed E-state index contributed by atoms with van der Waals surface area (Å²) in [6, 6.07) is 6.89. The van der Waals surface area contributed by atoms with Crippen LogP contribution >= 0.6 is 24.4 Å². The van der Waals surface area contributed by atoms with E-state index < -0.39 is 0 Å². The van der Waals surface area contributed by atoms with Crippen LogP contribution in [0.5, 0.6) is 0 Å². The van der Waals surface area contributed by atoms with Gasteiger partial charge in [0.2, 0.25) is 0 Å². The van der Waals surface area contributed by atoms with E-state index >= 15 is 0 Å². The van der Waals surface area contributed by atoms with Crippen molar-refractivity contribution in [2.75, 3.05) is 11.5 Å². The molecule has 1 aromatic carbocycles. The SMILES string of the molecule is Cc1cc(C)cc(CSCCCCCCCCCS)c1. The number of thioether (sulfide) groups is 1. The average molecular weight is 311 g/mol. The number of aryl methyl sites for hydroxylation is 2. The van der Waals surface area contributed by atoms with Gasteiger partial charge in [0, 0.05) is 5.75 Å². The van der Waals surface area contributed by atoms with Crippen LogP contribution in [0.25, 0.3) is 0 Å². The topological polar surface area (TPSA) is 0 Å². The summed E-state index contributed by atoms with van der Waals surface area (Å²) in [4.78, 5) is 0. The molecular formula is C18H30S2. The molecule has 0 aliphatic carbocycles. The van der Waals surface area contributed by atoms with Gasteiger partial charge in [-0.15, -0.1) is 0 Å². The molecule has 0 nitrogen and oxygen atoms in total. The number of unbranched alkanes of at least 4 members (excludes halogenated alkanes) is 6. The molecule has 0 amide bonds. The van der Waals surface area contributed by atoms with Gasteiger partial charge in [0.1, 0.15) is 0 Å². The Morgan fingerprint density at radius 2 is 1.35 bits per heavy atom. The molecule has 0 unspecified atom stereocenters. The fourth-order valence-corrected chi connectivity index (χ4v) is 3.72. The summed E-state index contributed by atoms with van der Waals surface area (Å²) in [7, 11) is 0. The second kappa shape index (κ2) is 11.6. The van der Waals surface area contributed by atoms with Gasteiger partial charge >= 0.3 is 0 Å². The Hall–Kier alpha value is -0.0800. The highest BCUT2D eigenvalue weighted by molar-refractivity contribution is 7.98. The lowest BCUT2D eigenvalue weighted by Crippen LogP contribution is -1.88. The lowest BCUT2D eigenvalue weighted by atomic mass is 10.1. The lowest BCUT2D eigenvalue weighted by molar-refractivity contribution is 0.605. The molecule has 2 heteroatoms. The molecule has 0 N–H and O–H groups in total. The zero-order valence-corrected chi connectivity index (χ0v) is 14.9. The highest BCUT2D eigenvalue weighted by atomic mass is 32.2. The van der Waals surface area contributed by atoms with Gasteiger partial charge in [-0.2, -0.15) is 24.4 Å². The van der Waals surface area contributed by atoms with Crippen LogP contribution < -0.4 is 0 Å². The maximum absolute atomic E-state index is 4.24. The van der Waals surface area contributed by atoms with Gasteiger partial charge in [0.25, 0.3) is 0 Å². The first kappa shape index (κ1) is 18.0. The molecule has 0 saturated carbocycles. The third-order valence-electron chi connectivity index (χ3n) is 3.50. The van der Waals surface area contributed by atoms with Crippen molar-refractivity contribution in [1.82, 2.24) is 0 Å². The summed E-state index contributed by atoms with van der Waals surface area (Å²) in [5.74, 6) is 3.53. The smallest absolute Gasteiger partial charge is 0.0184 e. The highest BCUT2D eigenvalue weighted by Gasteiger charge is 1.97. The fourth-order valence-electron chi connectivity index (χ4n) is 2.54. The molecule has 0 aliphatic heterocycles. The Labute approximate surface area is 135 Å². The minimum atomic E-state index is 1.05. The van der Waals surface area contributed by atoms with E-state index in [-0.39, 0.29) is 0 Å². The van der Waals surface area contributed by atoms with Gasteiger partial charge < -0.3 is 0 Å². The second-order valence-electron chi connectivity index (χ2n) is 5.75. The number of thiol groups is 1. The van der Waals surface area contributed by atoms with E-state index in [1.165, 1.54) is 73.1 Å². The summed E-state index contributed by atoms with van der Waals surface area (Å²) in [5.41, 5.74) is 4.27. The summed E-state index contributed by atoms with van der Waals surface area (Å²) in [5, 5.41) is 0. The van der Waals surface area contributed by atoms with Gasteiger partial charge in [0.05, 0.1) is 0 Å². The van der Waals surface area contributed by atoms with Crippen molar-refractivity contribution < 1.29 is 0 Å². The summed E-state index contributed by atoms with van der Waals surface area (Å²) < 4.78 is 0. The van der Waals surface area contributed by atoms with Crippen molar-refractivity contribution in [3.05, 3.63) is 34.9 Å². The van der Waals surface area contributed by atoms with Crippen LogP contribution in [0.15, 0.2) is 18.2 Å². The van der Waals surface area contributed by atoms with E-state index in [1.807, 2.05) is 0 Å². The molecule has 0 aromatic heterocycles. The molecule has 0 spiro atoms. The van der Waals surface area contributed by atoms with Crippen molar-refractivity contribution in [2.45, 2.75) is 64.5 Å². The quantitative estimate of drug-likeness (QED) is 0.375. The van der Waals surface area contributed by atoms with Crippen LogP contribution in [-0.4, -0.2) is 11.5 Å². The monoisotopic (exact) mass is 310 g/mol. The van der Waals surface area contributed by atoms with Crippen molar-refractivity contribution in [1.29, 1.82) is 0 Å². The predicted octanol–water partition coefficient (Wildman–Crippen LogP) is 6.20. The maximum Gasteiger partial charge on any atom is 0.0184 e. The van der Waals surface area contributed by atoms with Crippen LogP contribution in [0.4, 0.5) is 0 Å². The summed E-state index contributed by atoms with van der Waals surface area (Å²) >= 11 is 6.33. The minimum absolute atomic E-state index is 1.05. The zero-order valence-electron chi connectivity index (χ0n) is 13.2. The number of hydrogen-bond acceptors (Lipinski definition) is 2. The van der Waals surface area contributed by atoms with Crippen LogP contribution in [0, 0.1) is 13.8 Å². The molecule has 0 heterocycles.